The first-order valence-electron chi connectivity index (χ1n) is 7.56. The molecule has 0 heterocycles. The lowest BCUT2D eigenvalue weighted by Gasteiger charge is -2.27. The molecule has 2 fully saturated rings. The first kappa shape index (κ1) is 14.2. The fraction of sp³-hybridized carbons (Fsp3) is 0.933. The van der Waals surface area contributed by atoms with Crippen molar-refractivity contribution in [2.75, 3.05) is 5.75 Å². The van der Waals surface area contributed by atoms with Gasteiger partial charge in [0.15, 0.2) is 0 Å². The van der Waals surface area contributed by atoms with E-state index in [1.54, 1.807) is 0 Å². The van der Waals surface area contributed by atoms with E-state index in [1.165, 1.54) is 32.1 Å². The number of carbonyl (C=O) groups is 1. The smallest absolute Gasteiger partial charge is 0.148 e. The molecule has 2 aliphatic carbocycles. The highest BCUT2D eigenvalue weighted by molar-refractivity contribution is 7.86. The Morgan fingerprint density at radius 2 is 1.78 bits per heavy atom. The molecule has 0 aliphatic heterocycles. The molecule has 18 heavy (non-hydrogen) atoms. The lowest BCUT2D eigenvalue weighted by atomic mass is 9.87. The van der Waals surface area contributed by atoms with Crippen molar-refractivity contribution in [3.63, 3.8) is 0 Å². The molecule has 0 aromatic carbocycles. The van der Waals surface area contributed by atoms with Gasteiger partial charge in [-0.25, -0.2) is 0 Å². The molecule has 3 unspecified atom stereocenters. The fourth-order valence-electron chi connectivity index (χ4n) is 3.42. The summed E-state index contributed by atoms with van der Waals surface area (Å²) < 4.78 is 12.3. The summed E-state index contributed by atoms with van der Waals surface area (Å²) in [6.07, 6.45) is 10.3. The van der Waals surface area contributed by atoms with Crippen LogP contribution in [0.1, 0.15) is 64.7 Å². The van der Waals surface area contributed by atoms with Crippen LogP contribution in [0.25, 0.3) is 0 Å². The van der Waals surface area contributed by atoms with Crippen molar-refractivity contribution in [3.8, 4) is 0 Å². The second-order valence-electron chi connectivity index (χ2n) is 6.22. The minimum atomic E-state index is -0.908. The van der Waals surface area contributed by atoms with Crippen molar-refractivity contribution >= 4 is 16.6 Å². The standard InChI is InChI=1S/C15H26O2S/c1-12-6-5-9-14(10-12)18(17)11-15(16)13-7-3-2-4-8-13/h12-14H,2-11H2,1H3. The van der Waals surface area contributed by atoms with Crippen LogP contribution in [-0.4, -0.2) is 21.0 Å². The molecule has 0 amide bonds. The van der Waals surface area contributed by atoms with Gasteiger partial charge in [0.1, 0.15) is 5.78 Å². The zero-order chi connectivity index (χ0) is 13.0. The highest BCUT2D eigenvalue weighted by Gasteiger charge is 2.28. The third-order valence-electron chi connectivity index (χ3n) is 4.61. The highest BCUT2D eigenvalue weighted by Crippen LogP contribution is 2.29. The second-order valence-corrected chi connectivity index (χ2v) is 7.94. The van der Waals surface area contributed by atoms with Gasteiger partial charge in [0.25, 0.3) is 0 Å². The Hall–Kier alpha value is -0.180. The number of hydrogen-bond donors (Lipinski definition) is 0. The Labute approximate surface area is 113 Å². The van der Waals surface area contributed by atoms with Crippen molar-refractivity contribution in [2.24, 2.45) is 11.8 Å². The molecule has 0 spiro atoms. The highest BCUT2D eigenvalue weighted by atomic mass is 32.2. The molecule has 0 N–H and O–H groups in total. The quantitative estimate of drug-likeness (QED) is 0.784. The van der Waals surface area contributed by atoms with Gasteiger partial charge < -0.3 is 0 Å². The van der Waals surface area contributed by atoms with Gasteiger partial charge in [0, 0.05) is 22.0 Å². The lowest BCUT2D eigenvalue weighted by molar-refractivity contribution is -0.121. The molecule has 2 rings (SSSR count). The molecule has 0 aromatic rings. The van der Waals surface area contributed by atoms with E-state index in [-0.39, 0.29) is 11.7 Å². The SMILES string of the molecule is CC1CCCC(S(=O)CC(=O)C2CCCCC2)C1. The molecule has 104 valence electrons. The van der Waals surface area contributed by atoms with E-state index in [4.69, 9.17) is 0 Å². The van der Waals surface area contributed by atoms with Crippen molar-refractivity contribution in [3.05, 3.63) is 0 Å². The van der Waals surface area contributed by atoms with Crippen LogP contribution in [0.2, 0.25) is 0 Å². The maximum Gasteiger partial charge on any atom is 0.148 e. The van der Waals surface area contributed by atoms with E-state index in [1.807, 2.05) is 0 Å². The molecule has 2 aliphatic rings. The third kappa shape index (κ3) is 3.91. The summed E-state index contributed by atoms with van der Waals surface area (Å²) in [7, 11) is -0.908. The molecule has 0 bridgehead atoms. The van der Waals surface area contributed by atoms with Gasteiger partial charge in [-0.3, -0.25) is 9.00 Å². The minimum Gasteiger partial charge on any atom is -0.298 e. The van der Waals surface area contributed by atoms with Crippen LogP contribution >= 0.6 is 0 Å². The summed E-state index contributed by atoms with van der Waals surface area (Å²) in [5, 5.41) is 0.293. The Bertz CT molecular complexity index is 308. The topological polar surface area (TPSA) is 34.1 Å². The Morgan fingerprint density at radius 1 is 1.06 bits per heavy atom. The van der Waals surface area contributed by atoms with Crippen LogP contribution in [-0.2, 0) is 15.6 Å². The number of ketones is 1. The molecular weight excluding hydrogens is 244 g/mol. The summed E-state index contributed by atoms with van der Waals surface area (Å²) in [6, 6.07) is 0. The molecule has 3 heteroatoms. The molecule has 0 radical (unpaired) electrons. The Morgan fingerprint density at radius 3 is 2.44 bits per heavy atom. The van der Waals surface area contributed by atoms with Crippen LogP contribution in [0.5, 0.6) is 0 Å². The number of carbonyl (C=O) groups excluding carboxylic acids is 1. The molecular formula is C15H26O2S. The summed E-state index contributed by atoms with van der Waals surface area (Å²) in [5.41, 5.74) is 0. The largest absolute Gasteiger partial charge is 0.298 e. The average Bonchev–Trinajstić information content (AvgIpc) is 2.39. The van der Waals surface area contributed by atoms with Crippen LogP contribution in [0.3, 0.4) is 0 Å². The number of hydrogen-bond acceptors (Lipinski definition) is 2. The maximum absolute atomic E-state index is 12.3. The average molecular weight is 270 g/mol. The summed E-state index contributed by atoms with van der Waals surface area (Å²) in [4.78, 5) is 12.1. The predicted molar refractivity (Wildman–Crippen MR) is 76.0 cm³/mol. The van der Waals surface area contributed by atoms with Crippen molar-refractivity contribution in [2.45, 2.75) is 70.0 Å². The van der Waals surface area contributed by atoms with Gasteiger partial charge in [-0.05, 0) is 31.6 Å². The van der Waals surface area contributed by atoms with E-state index in [9.17, 15) is 9.00 Å². The van der Waals surface area contributed by atoms with Gasteiger partial charge in [0.05, 0.1) is 5.75 Å². The first-order chi connectivity index (χ1) is 8.66. The number of rotatable bonds is 4. The molecule has 0 aromatic heterocycles. The second kappa shape index (κ2) is 6.83. The molecule has 3 atom stereocenters. The van der Waals surface area contributed by atoms with Gasteiger partial charge in [0.2, 0.25) is 0 Å². The lowest BCUT2D eigenvalue weighted by Crippen LogP contribution is -2.30. The van der Waals surface area contributed by atoms with Crippen molar-refractivity contribution in [1.29, 1.82) is 0 Å². The van der Waals surface area contributed by atoms with Crippen molar-refractivity contribution < 1.29 is 9.00 Å². The third-order valence-corrected chi connectivity index (χ3v) is 6.35. The Balaban J connectivity index is 1.80. The van der Waals surface area contributed by atoms with E-state index < -0.39 is 10.8 Å². The monoisotopic (exact) mass is 270 g/mol. The minimum absolute atomic E-state index is 0.226. The van der Waals surface area contributed by atoms with Gasteiger partial charge in [-0.15, -0.1) is 0 Å². The van der Waals surface area contributed by atoms with Gasteiger partial charge in [-0.1, -0.05) is 39.0 Å². The van der Waals surface area contributed by atoms with E-state index in [0.29, 0.717) is 16.9 Å². The summed E-state index contributed by atoms with van der Waals surface area (Å²) >= 11 is 0. The zero-order valence-electron chi connectivity index (χ0n) is 11.5. The molecule has 2 nitrogen and oxygen atoms in total. The van der Waals surface area contributed by atoms with Crippen molar-refractivity contribution in [1.82, 2.24) is 0 Å². The number of Topliss-reactive ketones (excluding diaryl/α,β-unsaturated/α-hetero) is 1. The summed E-state index contributed by atoms with van der Waals surface area (Å²) in [5.74, 6) is 1.54. The molecule has 0 saturated heterocycles. The van der Waals surface area contributed by atoms with Gasteiger partial charge >= 0.3 is 0 Å². The van der Waals surface area contributed by atoms with Crippen LogP contribution < -0.4 is 0 Å². The van der Waals surface area contributed by atoms with Crippen LogP contribution in [0, 0.1) is 11.8 Å². The van der Waals surface area contributed by atoms with E-state index in [0.717, 1.165) is 25.7 Å². The fourth-order valence-corrected chi connectivity index (χ4v) is 5.14. The first-order valence-corrected chi connectivity index (χ1v) is 8.95. The van der Waals surface area contributed by atoms with Crippen LogP contribution in [0.15, 0.2) is 0 Å². The predicted octanol–water partition coefficient (Wildman–Crippen LogP) is 3.46. The van der Waals surface area contributed by atoms with Crippen LogP contribution in [0.4, 0.5) is 0 Å². The Kier molecular flexibility index (Phi) is 5.40. The summed E-state index contributed by atoms with van der Waals surface area (Å²) in [6.45, 7) is 2.24. The molecule has 2 saturated carbocycles. The maximum atomic E-state index is 12.3. The normalized spacial score (nSPS) is 32.1. The van der Waals surface area contributed by atoms with E-state index in [2.05, 4.69) is 6.92 Å². The van der Waals surface area contributed by atoms with Gasteiger partial charge in [-0.2, -0.15) is 0 Å². The van der Waals surface area contributed by atoms with E-state index >= 15 is 0 Å². The zero-order valence-corrected chi connectivity index (χ0v) is 12.3.